The van der Waals surface area contributed by atoms with Crippen LogP contribution in [-0.2, 0) is 52.5 Å². The maximum absolute atomic E-state index is 13.2. The number of ether oxygens (including phenoxy) is 5. The molecule has 258 valence electrons. The van der Waals surface area contributed by atoms with Crippen molar-refractivity contribution in [3.8, 4) is 0 Å². The normalized spacial score (nSPS) is 17.5. The maximum Gasteiger partial charge on any atom is 0.303 e. The topological polar surface area (TPSA) is 192 Å². The summed E-state index contributed by atoms with van der Waals surface area (Å²) >= 11 is 0. The Morgan fingerprint density at radius 2 is 1.14 bits per heavy atom. The van der Waals surface area contributed by atoms with Gasteiger partial charge in [0.1, 0.15) is 18.0 Å². The monoisotopic (exact) mass is 677 g/mol. The fraction of sp³-hybridized carbons (Fsp3) is 0.364. The first kappa shape index (κ1) is 35.9. The SMILES string of the molecule is CC(=O)OC[C@@H](OC(C)=O)[C@H](OC(C)=O)[C@H](OC(C)=O)[C@@H](OC(C)=O)C1N(C(C)=O)N=C2N=C(c3ccccc3)C(c3ccccc3)=NN21. The first-order valence-electron chi connectivity index (χ1n) is 15.0. The number of carbonyl (C=O) groups excluding carboxylic acids is 6. The van der Waals surface area contributed by atoms with Crippen LogP contribution in [0.5, 0.6) is 0 Å². The molecular weight excluding hydrogens is 642 g/mol. The molecule has 1 amide bonds. The van der Waals surface area contributed by atoms with Crippen LogP contribution < -0.4 is 0 Å². The van der Waals surface area contributed by atoms with E-state index >= 15 is 0 Å². The zero-order chi connectivity index (χ0) is 35.8. The van der Waals surface area contributed by atoms with Crippen LogP contribution >= 0.6 is 0 Å². The van der Waals surface area contributed by atoms with Crippen molar-refractivity contribution in [2.24, 2.45) is 15.2 Å². The van der Waals surface area contributed by atoms with Crippen LogP contribution in [0.25, 0.3) is 0 Å². The Labute approximate surface area is 281 Å². The van der Waals surface area contributed by atoms with Gasteiger partial charge in [0.15, 0.2) is 30.6 Å². The molecule has 49 heavy (non-hydrogen) atoms. The Morgan fingerprint density at radius 1 is 0.633 bits per heavy atom. The number of esters is 5. The molecule has 16 nitrogen and oxygen atoms in total. The van der Waals surface area contributed by atoms with Gasteiger partial charge in [-0.05, 0) is 0 Å². The van der Waals surface area contributed by atoms with Crippen LogP contribution in [0, 0.1) is 0 Å². The summed E-state index contributed by atoms with van der Waals surface area (Å²) in [4.78, 5) is 79.7. The second-order valence-electron chi connectivity index (χ2n) is 10.8. The van der Waals surface area contributed by atoms with Crippen LogP contribution in [0.2, 0.25) is 0 Å². The molecule has 0 fully saturated rings. The van der Waals surface area contributed by atoms with Crippen molar-refractivity contribution in [1.82, 2.24) is 10.0 Å². The summed E-state index contributed by atoms with van der Waals surface area (Å²) in [5.74, 6) is -5.13. The molecule has 0 bridgehead atoms. The summed E-state index contributed by atoms with van der Waals surface area (Å²) in [6.45, 7) is 5.84. The van der Waals surface area contributed by atoms with Crippen LogP contribution in [0.4, 0.5) is 0 Å². The molecule has 2 aromatic carbocycles. The molecule has 0 radical (unpaired) electrons. The second-order valence-corrected chi connectivity index (χ2v) is 10.8. The predicted octanol–water partition coefficient (Wildman–Crippen LogP) is 1.94. The van der Waals surface area contributed by atoms with Crippen LogP contribution in [0.1, 0.15) is 52.7 Å². The molecule has 4 rings (SSSR count). The Morgan fingerprint density at radius 3 is 1.63 bits per heavy atom. The number of carbonyl (C=O) groups is 6. The fourth-order valence-corrected chi connectivity index (χ4v) is 5.19. The average Bonchev–Trinajstić information content (AvgIpc) is 3.42. The predicted molar refractivity (Wildman–Crippen MR) is 170 cm³/mol. The van der Waals surface area contributed by atoms with Gasteiger partial charge in [0.25, 0.3) is 5.96 Å². The quantitative estimate of drug-likeness (QED) is 0.235. The molecule has 2 heterocycles. The summed E-state index contributed by atoms with van der Waals surface area (Å²) in [6, 6.07) is 18.1. The van der Waals surface area contributed by atoms with E-state index in [9.17, 15) is 28.8 Å². The van der Waals surface area contributed by atoms with Gasteiger partial charge in [0.05, 0.1) is 0 Å². The van der Waals surface area contributed by atoms with E-state index in [1.54, 1.807) is 24.3 Å². The highest BCUT2D eigenvalue weighted by Crippen LogP contribution is 2.32. The number of rotatable bonds is 12. The Balaban J connectivity index is 1.94. The van der Waals surface area contributed by atoms with Crippen molar-refractivity contribution >= 4 is 53.1 Å². The first-order valence-corrected chi connectivity index (χ1v) is 15.0. The minimum Gasteiger partial charge on any atom is -0.462 e. The molecule has 0 N–H and O–H groups in total. The lowest BCUT2D eigenvalue weighted by atomic mass is 9.98. The highest BCUT2D eigenvalue weighted by atomic mass is 16.6. The zero-order valence-electron chi connectivity index (χ0n) is 27.6. The first-order chi connectivity index (χ1) is 23.3. The largest absolute Gasteiger partial charge is 0.462 e. The number of hydrogen-bond donors (Lipinski definition) is 0. The molecule has 16 heteroatoms. The molecule has 0 aliphatic carbocycles. The second kappa shape index (κ2) is 15.8. The van der Waals surface area contributed by atoms with Crippen LogP contribution in [0.3, 0.4) is 0 Å². The lowest BCUT2D eigenvalue weighted by molar-refractivity contribution is -0.211. The van der Waals surface area contributed by atoms with Gasteiger partial charge in [-0.3, -0.25) is 28.8 Å². The molecule has 0 spiro atoms. The minimum absolute atomic E-state index is 0.0852. The van der Waals surface area contributed by atoms with E-state index in [-0.39, 0.29) is 5.96 Å². The molecule has 1 unspecified atom stereocenters. The molecule has 5 atom stereocenters. The highest BCUT2D eigenvalue weighted by Gasteiger charge is 2.54. The number of guanidine groups is 1. The molecule has 2 aliphatic heterocycles. The van der Waals surface area contributed by atoms with Gasteiger partial charge in [0.2, 0.25) is 5.91 Å². The van der Waals surface area contributed by atoms with Gasteiger partial charge in [-0.2, -0.15) is 5.10 Å². The lowest BCUT2D eigenvalue weighted by Gasteiger charge is -2.40. The highest BCUT2D eigenvalue weighted by molar-refractivity contribution is 6.55. The van der Waals surface area contributed by atoms with Gasteiger partial charge in [-0.25, -0.2) is 15.0 Å². The number of nitrogens with zero attached hydrogens (tertiary/aromatic N) is 5. The third kappa shape index (κ3) is 8.91. The minimum atomic E-state index is -1.80. The Kier molecular flexibility index (Phi) is 11.6. The van der Waals surface area contributed by atoms with Crippen molar-refractivity contribution in [2.45, 2.75) is 72.1 Å². The molecule has 2 aromatic rings. The van der Waals surface area contributed by atoms with E-state index < -0.39 is 72.9 Å². The van der Waals surface area contributed by atoms with Gasteiger partial charge in [-0.1, -0.05) is 60.7 Å². The summed E-state index contributed by atoms with van der Waals surface area (Å²) < 4.78 is 27.4. The zero-order valence-corrected chi connectivity index (χ0v) is 27.6. The van der Waals surface area contributed by atoms with E-state index in [0.29, 0.717) is 22.6 Å². The lowest BCUT2D eigenvalue weighted by Crippen LogP contribution is -2.61. The molecule has 2 aliphatic rings. The molecular formula is C33H35N5O11. The third-order valence-corrected chi connectivity index (χ3v) is 6.95. The van der Waals surface area contributed by atoms with Crippen molar-refractivity contribution in [1.29, 1.82) is 0 Å². The number of hydrogen-bond acceptors (Lipinski definition) is 15. The number of amides is 1. The summed E-state index contributed by atoms with van der Waals surface area (Å²) in [5, 5.41) is 11.4. The number of benzene rings is 2. The number of hydrazone groups is 2. The van der Waals surface area contributed by atoms with E-state index in [4.69, 9.17) is 33.8 Å². The summed E-state index contributed by atoms with van der Waals surface area (Å²) in [7, 11) is 0. The maximum atomic E-state index is 13.2. The number of fused-ring (bicyclic) bond motifs is 1. The van der Waals surface area contributed by atoms with E-state index in [1.807, 2.05) is 36.4 Å². The van der Waals surface area contributed by atoms with Gasteiger partial charge in [-0.15, -0.1) is 5.10 Å². The Bertz CT molecular complexity index is 1690. The van der Waals surface area contributed by atoms with Crippen molar-refractivity contribution in [2.75, 3.05) is 6.61 Å². The third-order valence-electron chi connectivity index (χ3n) is 6.95. The van der Waals surface area contributed by atoms with Gasteiger partial charge < -0.3 is 23.7 Å². The summed E-state index contributed by atoms with van der Waals surface area (Å²) in [6.07, 6.45) is -8.36. The average molecular weight is 678 g/mol. The van der Waals surface area contributed by atoms with Crippen LogP contribution in [-0.4, -0.2) is 100 Å². The van der Waals surface area contributed by atoms with Crippen molar-refractivity contribution < 1.29 is 52.5 Å². The van der Waals surface area contributed by atoms with Gasteiger partial charge >= 0.3 is 29.8 Å². The smallest absolute Gasteiger partial charge is 0.303 e. The molecule has 0 saturated heterocycles. The Hall–Kier alpha value is -5.93. The van der Waals surface area contributed by atoms with Crippen molar-refractivity contribution in [3.05, 3.63) is 71.8 Å². The molecule has 0 saturated carbocycles. The standard InChI is InChI=1S/C33H35N5O11/c1-18(39)37-32(38-33(36-37)34-27(24-13-9-7-10-14-24)28(35-38)25-15-11-8-12-16-25)31(49-23(6)44)30(48-22(5)43)29(47-21(4)42)26(46-20(3)41)17-45-19(2)40/h7-16,26,29-32H,17H2,1-6H3/t26-,29+,30+,31-,32?/m1/s1. The number of aliphatic imine (C=N–C) groups is 1. The summed E-state index contributed by atoms with van der Waals surface area (Å²) in [5.41, 5.74) is 2.10. The van der Waals surface area contributed by atoms with E-state index in [0.717, 1.165) is 39.6 Å². The molecule has 0 aromatic heterocycles. The fourth-order valence-electron chi connectivity index (χ4n) is 5.19. The van der Waals surface area contributed by atoms with Crippen LogP contribution in [0.15, 0.2) is 75.9 Å². The van der Waals surface area contributed by atoms with E-state index in [1.165, 1.54) is 11.9 Å². The van der Waals surface area contributed by atoms with Crippen molar-refractivity contribution in [3.63, 3.8) is 0 Å². The van der Waals surface area contributed by atoms with Gasteiger partial charge in [0, 0.05) is 52.7 Å². The van der Waals surface area contributed by atoms with E-state index in [2.05, 4.69) is 5.10 Å².